The van der Waals surface area contributed by atoms with Gasteiger partial charge in [0.2, 0.25) is 0 Å². The maximum absolute atomic E-state index is 9.95. The Morgan fingerprint density at radius 3 is 2.82 bits per heavy atom. The van der Waals surface area contributed by atoms with Crippen LogP contribution in [0, 0.1) is 5.92 Å². The minimum Gasteiger partial charge on any atom is -0.649 e. The molecule has 1 heterocycles. The van der Waals surface area contributed by atoms with Crippen LogP contribution in [0.2, 0.25) is 0 Å². The summed E-state index contributed by atoms with van der Waals surface area (Å²) in [4.78, 5) is 9.95. The molecule has 6 heteroatoms. The van der Waals surface area contributed by atoms with Crippen molar-refractivity contribution in [2.75, 3.05) is 26.4 Å². The summed E-state index contributed by atoms with van der Waals surface area (Å²) in [5.74, 6) is -0.356. The van der Waals surface area contributed by atoms with E-state index in [0.29, 0.717) is 25.7 Å². The summed E-state index contributed by atoms with van der Waals surface area (Å²) in [6, 6.07) is 0. The first-order valence-corrected chi connectivity index (χ1v) is 5.44. The fraction of sp³-hybridized carbons (Fsp3) is 0.909. The number of carbonyl (C=O) groups excluding carboxylic acids is 1. The van der Waals surface area contributed by atoms with Crippen LogP contribution in [0.5, 0.6) is 0 Å². The maximum Gasteiger partial charge on any atom is 0.197 e. The second-order valence-electron chi connectivity index (χ2n) is 4.49. The zero-order chi connectivity index (χ0) is 12.0. The molecule has 5 nitrogen and oxygen atoms in total. The summed E-state index contributed by atoms with van der Waals surface area (Å²) in [5.41, 5.74) is 0. The van der Waals surface area contributed by atoms with Gasteiger partial charge in [0.25, 0.3) is 0 Å². The largest absolute Gasteiger partial charge is 0.649 e. The molecule has 1 rings (SSSR count). The fourth-order valence-electron chi connectivity index (χ4n) is 1.44. The summed E-state index contributed by atoms with van der Waals surface area (Å²) < 4.78 is 21.0. The SMILES string of the molecule is CC(C)COCC1COC(C)(CO[C-]=O)O1.[Rf]. The summed E-state index contributed by atoms with van der Waals surface area (Å²) >= 11 is 0. The zero-order valence-electron chi connectivity index (χ0n) is 10.7. The van der Waals surface area contributed by atoms with Gasteiger partial charge in [-0.15, -0.1) is 0 Å². The van der Waals surface area contributed by atoms with Gasteiger partial charge in [0.1, 0.15) is 12.7 Å². The van der Waals surface area contributed by atoms with Gasteiger partial charge in [-0.05, 0) is 12.8 Å². The molecule has 0 N–H and O–H groups in total. The Kier molecular flexibility index (Phi) is 6.17. The van der Waals surface area contributed by atoms with Crippen molar-refractivity contribution in [3.8, 4) is 0 Å². The molecule has 1 aliphatic heterocycles. The summed E-state index contributed by atoms with van der Waals surface area (Å²) in [7, 11) is 0. The van der Waals surface area contributed by atoms with Gasteiger partial charge >= 0.3 is 0 Å². The van der Waals surface area contributed by atoms with Gasteiger partial charge in [0, 0.05) is 6.61 Å². The van der Waals surface area contributed by atoms with Gasteiger partial charge in [-0.2, -0.15) is 0 Å². The van der Waals surface area contributed by atoms with Gasteiger partial charge < -0.3 is 23.7 Å². The van der Waals surface area contributed by atoms with Crippen molar-refractivity contribution in [3.63, 3.8) is 0 Å². The molecule has 0 aliphatic carbocycles. The van der Waals surface area contributed by atoms with Crippen molar-refractivity contribution < 1.29 is 23.7 Å². The molecular formula is C11H19O5Rf-. The molecule has 0 aromatic carbocycles. The molecule has 2 atom stereocenters. The van der Waals surface area contributed by atoms with E-state index in [1.165, 1.54) is 6.47 Å². The van der Waals surface area contributed by atoms with Crippen LogP contribution in [0.15, 0.2) is 0 Å². The molecule has 0 radical (unpaired) electrons. The zero-order valence-corrected chi connectivity index (χ0v) is 17.1. The monoisotopic (exact) mass is 498 g/mol. The molecule has 0 bridgehead atoms. The van der Waals surface area contributed by atoms with Crippen molar-refractivity contribution in [3.05, 3.63) is 0 Å². The Labute approximate surface area is 96.0 Å². The predicted molar refractivity (Wildman–Crippen MR) is 56.5 cm³/mol. The molecule has 0 aromatic heterocycles. The Bertz CT molecular complexity index is 224. The Morgan fingerprint density at radius 1 is 1.53 bits per heavy atom. The van der Waals surface area contributed by atoms with E-state index in [4.69, 9.17) is 14.2 Å². The van der Waals surface area contributed by atoms with Crippen LogP contribution in [-0.4, -0.2) is 44.8 Å². The fourth-order valence-corrected chi connectivity index (χ4v) is 1.44. The first-order valence-electron chi connectivity index (χ1n) is 5.44. The Morgan fingerprint density at radius 2 is 2.24 bits per heavy atom. The van der Waals surface area contributed by atoms with Crippen LogP contribution in [0.1, 0.15) is 20.8 Å². The van der Waals surface area contributed by atoms with E-state index in [1.54, 1.807) is 6.92 Å². The molecule has 96 valence electrons. The Hall–Kier alpha value is -1.65. The van der Waals surface area contributed by atoms with Crippen molar-refractivity contribution >= 4 is 6.47 Å². The second kappa shape index (κ2) is 6.83. The van der Waals surface area contributed by atoms with Gasteiger partial charge in [0.05, 0.1) is 13.2 Å². The first kappa shape index (κ1) is 15.3. The van der Waals surface area contributed by atoms with Gasteiger partial charge in [0.15, 0.2) is 5.79 Å². The van der Waals surface area contributed by atoms with Crippen molar-refractivity contribution in [1.29, 1.82) is 0 Å². The van der Waals surface area contributed by atoms with Crippen LogP contribution in [0.25, 0.3) is 0 Å². The van der Waals surface area contributed by atoms with E-state index in [2.05, 4.69) is 18.6 Å². The minimum absolute atomic E-state index is 0. The predicted octanol–water partition coefficient (Wildman–Crippen LogP) is 0.874. The van der Waals surface area contributed by atoms with Crippen molar-refractivity contribution in [2.24, 2.45) is 5.92 Å². The molecular weight excluding hydrogens is 479 g/mol. The molecule has 0 amide bonds. The average molecular weight is 498 g/mol. The Balaban J connectivity index is 0.00000256. The third kappa shape index (κ3) is 5.29. The van der Waals surface area contributed by atoms with Crippen LogP contribution in [0.4, 0.5) is 0 Å². The van der Waals surface area contributed by atoms with Crippen molar-refractivity contribution in [2.45, 2.75) is 32.7 Å². The minimum atomic E-state index is -0.858. The molecule has 1 aliphatic rings. The number of hydrogen-bond acceptors (Lipinski definition) is 5. The normalized spacial score (nSPS) is 27.9. The summed E-state index contributed by atoms with van der Waals surface area (Å²) in [6.07, 6.45) is -0.0981. The number of rotatable bonds is 7. The molecule has 17 heavy (non-hydrogen) atoms. The average Bonchev–Trinajstić information content (AvgIpc) is 2.58. The van der Waals surface area contributed by atoms with Crippen LogP contribution < -0.4 is 0 Å². The molecule has 2 unspecified atom stereocenters. The number of hydrogen-bond donors (Lipinski definition) is 0. The van der Waals surface area contributed by atoms with Gasteiger partial charge in [-0.1, -0.05) is 20.3 Å². The first-order chi connectivity index (χ1) is 7.56. The third-order valence-electron chi connectivity index (χ3n) is 2.14. The standard InChI is InChI=1S/C11H19O5.Rf/c1-9(2)4-13-5-10-6-15-11(3,16-10)7-14-8-12;/h9-10H,4-7H2,1-3H3;/q-1;. The molecule has 1 fully saturated rings. The van der Waals surface area contributed by atoms with Gasteiger partial charge in [-0.25, -0.2) is 0 Å². The summed E-state index contributed by atoms with van der Waals surface area (Å²) in [6.45, 7) is 8.96. The topological polar surface area (TPSA) is 54.0 Å². The van der Waals surface area contributed by atoms with E-state index < -0.39 is 5.79 Å². The maximum atomic E-state index is 9.95. The van der Waals surface area contributed by atoms with E-state index in [9.17, 15) is 4.79 Å². The molecule has 0 saturated carbocycles. The molecule has 0 aromatic rings. The second-order valence-corrected chi connectivity index (χ2v) is 4.49. The number of ether oxygens (including phenoxy) is 4. The molecule has 0 spiro atoms. The van der Waals surface area contributed by atoms with E-state index in [1.807, 2.05) is 0 Å². The van der Waals surface area contributed by atoms with Crippen molar-refractivity contribution in [1.82, 2.24) is 0 Å². The molecule has 1 saturated heterocycles. The van der Waals surface area contributed by atoms with E-state index in [0.717, 1.165) is 0 Å². The van der Waals surface area contributed by atoms with Crippen LogP contribution in [0.3, 0.4) is 0 Å². The quantitative estimate of drug-likeness (QED) is 0.488. The smallest absolute Gasteiger partial charge is 0.197 e. The van der Waals surface area contributed by atoms with E-state index in [-0.39, 0.29) is 12.7 Å². The van der Waals surface area contributed by atoms with E-state index >= 15 is 0 Å². The van der Waals surface area contributed by atoms with Crippen LogP contribution >= 0.6 is 0 Å². The van der Waals surface area contributed by atoms with Gasteiger partial charge in [-0.3, -0.25) is 0 Å². The summed E-state index contributed by atoms with van der Waals surface area (Å²) in [5, 5.41) is 0. The third-order valence-corrected chi connectivity index (χ3v) is 2.14. The van der Waals surface area contributed by atoms with Crippen LogP contribution in [-0.2, 0) is 23.7 Å².